The van der Waals surface area contributed by atoms with E-state index in [1.165, 1.54) is 25.4 Å². The molecule has 0 saturated heterocycles. The van der Waals surface area contributed by atoms with E-state index in [2.05, 4.69) is 9.46 Å². The molecule has 18 heavy (non-hydrogen) atoms. The van der Waals surface area contributed by atoms with E-state index in [1.54, 1.807) is 13.8 Å². The second-order valence-corrected chi connectivity index (χ2v) is 6.52. The number of methoxy groups -OCH3 is 1. The zero-order valence-corrected chi connectivity index (χ0v) is 12.8. The zero-order valence-electron chi connectivity index (χ0n) is 12.0. The molecule has 0 rings (SSSR count). The molecule has 6 nitrogen and oxygen atoms in total. The lowest BCUT2D eigenvalue weighted by atomic mass is 9.98. The van der Waals surface area contributed by atoms with Crippen molar-refractivity contribution in [2.24, 2.45) is 0 Å². The molecular weight excluding hydrogens is 256 g/mol. The third kappa shape index (κ3) is 4.22. The van der Waals surface area contributed by atoms with E-state index in [9.17, 15) is 13.2 Å². The normalized spacial score (nSPS) is 15.8. The number of esters is 1. The van der Waals surface area contributed by atoms with Crippen LogP contribution >= 0.6 is 0 Å². The van der Waals surface area contributed by atoms with Gasteiger partial charge in [-0.2, -0.15) is 17.4 Å². The van der Waals surface area contributed by atoms with Crippen LogP contribution in [0.1, 0.15) is 40.5 Å². The minimum Gasteiger partial charge on any atom is -0.468 e. The summed E-state index contributed by atoms with van der Waals surface area (Å²) in [5, 5.41) is 0. The van der Waals surface area contributed by atoms with Crippen LogP contribution in [-0.2, 0) is 19.7 Å². The first-order valence-electron chi connectivity index (χ1n) is 5.96. The fourth-order valence-corrected chi connectivity index (χ4v) is 3.01. The number of nitrogens with one attached hydrogen (secondary N) is 1. The van der Waals surface area contributed by atoms with Crippen LogP contribution in [0.2, 0.25) is 0 Å². The molecule has 0 fully saturated rings. The van der Waals surface area contributed by atoms with Crippen molar-refractivity contribution in [3.8, 4) is 0 Å². The Labute approximate surface area is 110 Å². The highest BCUT2D eigenvalue weighted by Gasteiger charge is 2.39. The molecule has 0 radical (unpaired) electrons. The average Bonchev–Trinajstić information content (AvgIpc) is 2.26. The number of nitrogens with zero attached hydrogens (tertiary/aromatic N) is 1. The predicted octanol–water partition coefficient (Wildman–Crippen LogP) is 0.893. The summed E-state index contributed by atoms with van der Waals surface area (Å²) in [7, 11) is -0.996. The van der Waals surface area contributed by atoms with Crippen LogP contribution in [0, 0.1) is 0 Å². The van der Waals surface area contributed by atoms with E-state index < -0.39 is 21.7 Å². The van der Waals surface area contributed by atoms with E-state index in [0.29, 0.717) is 12.8 Å². The van der Waals surface area contributed by atoms with Crippen molar-refractivity contribution >= 4 is 16.2 Å². The van der Waals surface area contributed by atoms with Gasteiger partial charge in [-0.3, -0.25) is 4.79 Å². The van der Waals surface area contributed by atoms with Crippen LogP contribution in [0.4, 0.5) is 0 Å². The van der Waals surface area contributed by atoms with Crippen molar-refractivity contribution in [2.75, 3.05) is 14.2 Å². The lowest BCUT2D eigenvalue weighted by molar-refractivity contribution is -0.147. The third-order valence-corrected chi connectivity index (χ3v) is 4.73. The maximum Gasteiger partial charge on any atom is 0.326 e. The van der Waals surface area contributed by atoms with Crippen molar-refractivity contribution in [1.29, 1.82) is 0 Å². The summed E-state index contributed by atoms with van der Waals surface area (Å²) in [5.74, 6) is -0.579. The highest BCUT2D eigenvalue weighted by molar-refractivity contribution is 7.87. The maximum atomic E-state index is 12.1. The molecule has 0 bridgehead atoms. The first-order valence-corrected chi connectivity index (χ1v) is 7.40. The molecule has 0 aliphatic carbocycles. The number of hydrogen-bond acceptors (Lipinski definition) is 4. The Hall–Kier alpha value is -0.660. The van der Waals surface area contributed by atoms with Gasteiger partial charge in [0.15, 0.2) is 0 Å². The van der Waals surface area contributed by atoms with Gasteiger partial charge in [0.25, 0.3) is 10.2 Å². The smallest absolute Gasteiger partial charge is 0.326 e. The number of hydrogen-bond donors (Lipinski definition) is 1. The molecule has 108 valence electrons. The van der Waals surface area contributed by atoms with E-state index in [1.807, 2.05) is 6.92 Å². The van der Waals surface area contributed by atoms with Crippen LogP contribution < -0.4 is 4.72 Å². The van der Waals surface area contributed by atoms with E-state index in [0.717, 1.165) is 0 Å². The van der Waals surface area contributed by atoms with Gasteiger partial charge in [-0.25, -0.2) is 0 Å². The highest BCUT2D eigenvalue weighted by atomic mass is 32.2. The van der Waals surface area contributed by atoms with Crippen LogP contribution in [0.5, 0.6) is 0 Å². The Kier molecular flexibility index (Phi) is 6.25. The molecule has 0 amide bonds. The SMILES string of the molecule is CCCC(C)(NS(=O)(=O)N(C)C(C)C)C(=O)OC. The summed E-state index contributed by atoms with van der Waals surface area (Å²) >= 11 is 0. The topological polar surface area (TPSA) is 75.7 Å². The minimum atomic E-state index is -3.71. The van der Waals surface area contributed by atoms with Gasteiger partial charge in [0, 0.05) is 13.1 Å². The quantitative estimate of drug-likeness (QED) is 0.703. The average molecular weight is 280 g/mol. The molecule has 0 saturated carbocycles. The Morgan fingerprint density at radius 3 is 2.28 bits per heavy atom. The Balaban J connectivity index is 5.17. The van der Waals surface area contributed by atoms with Crippen LogP contribution in [0.15, 0.2) is 0 Å². The monoisotopic (exact) mass is 280 g/mol. The van der Waals surface area contributed by atoms with Gasteiger partial charge in [-0.05, 0) is 27.2 Å². The number of rotatable bonds is 7. The van der Waals surface area contributed by atoms with Gasteiger partial charge in [0.2, 0.25) is 0 Å². The lowest BCUT2D eigenvalue weighted by Crippen LogP contribution is -2.56. The molecule has 0 aliphatic rings. The Morgan fingerprint density at radius 1 is 1.44 bits per heavy atom. The fraction of sp³-hybridized carbons (Fsp3) is 0.909. The van der Waals surface area contributed by atoms with Crippen molar-refractivity contribution in [3.05, 3.63) is 0 Å². The van der Waals surface area contributed by atoms with Crippen molar-refractivity contribution in [1.82, 2.24) is 9.03 Å². The van der Waals surface area contributed by atoms with Crippen LogP contribution in [0.3, 0.4) is 0 Å². The van der Waals surface area contributed by atoms with Crippen LogP contribution in [0.25, 0.3) is 0 Å². The van der Waals surface area contributed by atoms with Gasteiger partial charge in [-0.1, -0.05) is 13.3 Å². The summed E-state index contributed by atoms with van der Waals surface area (Å²) in [6.07, 6.45) is 1.05. The van der Waals surface area contributed by atoms with Gasteiger partial charge in [0.1, 0.15) is 5.54 Å². The van der Waals surface area contributed by atoms with E-state index >= 15 is 0 Å². The van der Waals surface area contributed by atoms with Crippen molar-refractivity contribution < 1.29 is 17.9 Å². The summed E-state index contributed by atoms with van der Waals surface area (Å²) < 4.78 is 32.5. The van der Waals surface area contributed by atoms with Gasteiger partial charge in [0.05, 0.1) is 7.11 Å². The molecule has 1 unspecified atom stereocenters. The molecule has 1 atom stereocenters. The number of carbonyl (C=O) groups is 1. The molecular formula is C11H24N2O4S. The standard InChI is InChI=1S/C11H24N2O4S/c1-7-8-11(4,10(14)17-6)12-18(15,16)13(5)9(2)3/h9,12H,7-8H2,1-6H3. The summed E-state index contributed by atoms with van der Waals surface area (Å²) in [4.78, 5) is 11.7. The Bertz CT molecular complexity index is 381. The molecule has 0 aromatic rings. The van der Waals surface area contributed by atoms with Gasteiger partial charge < -0.3 is 4.74 Å². The molecule has 0 heterocycles. The maximum absolute atomic E-state index is 12.1. The first kappa shape index (κ1) is 17.3. The molecule has 0 spiro atoms. The number of carbonyl (C=O) groups excluding carboxylic acids is 1. The number of ether oxygens (including phenoxy) is 1. The van der Waals surface area contributed by atoms with Gasteiger partial charge in [-0.15, -0.1) is 0 Å². The predicted molar refractivity (Wildman–Crippen MR) is 70.3 cm³/mol. The van der Waals surface area contributed by atoms with Gasteiger partial charge >= 0.3 is 5.97 Å². The second kappa shape index (κ2) is 6.49. The highest BCUT2D eigenvalue weighted by Crippen LogP contribution is 2.17. The molecule has 1 N–H and O–H groups in total. The second-order valence-electron chi connectivity index (χ2n) is 4.79. The first-order chi connectivity index (χ1) is 8.10. The van der Waals surface area contributed by atoms with Crippen molar-refractivity contribution in [2.45, 2.75) is 52.1 Å². The van der Waals surface area contributed by atoms with Crippen LogP contribution in [-0.4, -0.2) is 44.4 Å². The fourth-order valence-electron chi connectivity index (χ4n) is 1.55. The Morgan fingerprint density at radius 2 is 1.94 bits per heavy atom. The molecule has 0 aromatic carbocycles. The summed E-state index contributed by atoms with van der Waals surface area (Å²) in [5.41, 5.74) is -1.23. The molecule has 0 aromatic heterocycles. The molecule has 7 heteroatoms. The van der Waals surface area contributed by atoms with E-state index in [4.69, 9.17) is 0 Å². The third-order valence-electron chi connectivity index (χ3n) is 2.85. The van der Waals surface area contributed by atoms with Crippen molar-refractivity contribution in [3.63, 3.8) is 0 Å². The summed E-state index contributed by atoms with van der Waals surface area (Å²) in [6, 6.07) is -0.189. The minimum absolute atomic E-state index is 0.189. The lowest BCUT2D eigenvalue weighted by Gasteiger charge is -2.31. The largest absolute Gasteiger partial charge is 0.468 e. The summed E-state index contributed by atoms with van der Waals surface area (Å²) in [6.45, 7) is 6.93. The zero-order chi connectivity index (χ0) is 14.6. The van der Waals surface area contributed by atoms with E-state index in [-0.39, 0.29) is 6.04 Å². The molecule has 0 aliphatic heterocycles.